The number of rotatable bonds is 4. The molecule has 0 saturated carbocycles. The summed E-state index contributed by atoms with van der Waals surface area (Å²) in [5.41, 5.74) is 0.385. The van der Waals surface area contributed by atoms with Gasteiger partial charge in [0, 0.05) is 17.8 Å². The first-order valence-corrected chi connectivity index (χ1v) is 6.03. The predicted octanol–water partition coefficient (Wildman–Crippen LogP) is 2.40. The van der Waals surface area contributed by atoms with Gasteiger partial charge in [0.25, 0.3) is 5.91 Å². The van der Waals surface area contributed by atoms with Gasteiger partial charge >= 0.3 is 0 Å². The second-order valence-corrected chi connectivity index (χ2v) is 4.10. The van der Waals surface area contributed by atoms with Crippen LogP contribution < -0.4 is 14.8 Å². The molecule has 20 heavy (non-hydrogen) atoms. The molecule has 2 rings (SSSR count). The molecule has 0 atom stereocenters. The van der Waals surface area contributed by atoms with E-state index in [-0.39, 0.29) is 11.2 Å². The van der Waals surface area contributed by atoms with Crippen LogP contribution >= 0.6 is 11.6 Å². The Morgan fingerprint density at radius 2 is 1.85 bits per heavy atom. The van der Waals surface area contributed by atoms with Crippen LogP contribution in [0.1, 0.15) is 10.4 Å². The Labute approximate surface area is 120 Å². The Hall–Kier alpha value is -2.34. The summed E-state index contributed by atoms with van der Waals surface area (Å²) >= 11 is 5.66. The second-order valence-electron chi connectivity index (χ2n) is 3.77. The third-order valence-corrected chi connectivity index (χ3v) is 2.66. The number of ether oxygens (including phenoxy) is 2. The van der Waals surface area contributed by atoms with Crippen molar-refractivity contribution in [2.75, 3.05) is 19.5 Å². The van der Waals surface area contributed by atoms with Crippen LogP contribution in [-0.4, -0.2) is 30.1 Å². The number of nitrogens with one attached hydrogen (secondary N) is 1. The highest BCUT2D eigenvalue weighted by atomic mass is 35.5. The lowest BCUT2D eigenvalue weighted by atomic mass is 10.2. The van der Waals surface area contributed by atoms with E-state index in [1.165, 1.54) is 20.4 Å². The van der Waals surface area contributed by atoms with Crippen LogP contribution in [0.5, 0.6) is 11.5 Å². The number of nitrogens with zero attached hydrogens (tertiary/aromatic N) is 2. The number of carbonyl (C=O) groups is 1. The van der Waals surface area contributed by atoms with Crippen LogP contribution in [0.4, 0.5) is 5.82 Å². The molecule has 7 heteroatoms. The van der Waals surface area contributed by atoms with E-state index in [1.807, 2.05) is 0 Å². The van der Waals surface area contributed by atoms with Crippen molar-refractivity contribution < 1.29 is 14.3 Å². The van der Waals surface area contributed by atoms with Gasteiger partial charge < -0.3 is 14.8 Å². The van der Waals surface area contributed by atoms with Crippen LogP contribution in [0.3, 0.4) is 0 Å². The molecule has 1 aromatic carbocycles. The van der Waals surface area contributed by atoms with E-state index < -0.39 is 0 Å². The van der Waals surface area contributed by atoms with Crippen molar-refractivity contribution in [3.05, 3.63) is 41.3 Å². The highest BCUT2D eigenvalue weighted by Crippen LogP contribution is 2.23. The highest BCUT2D eigenvalue weighted by molar-refractivity contribution is 6.28. The summed E-state index contributed by atoms with van der Waals surface area (Å²) in [7, 11) is 3.03. The average Bonchev–Trinajstić information content (AvgIpc) is 2.46. The number of carbonyl (C=O) groups excluding carboxylic acids is 1. The summed E-state index contributed by atoms with van der Waals surface area (Å²) in [5, 5.41) is 2.68. The minimum Gasteiger partial charge on any atom is -0.497 e. The van der Waals surface area contributed by atoms with Crippen molar-refractivity contribution in [2.24, 2.45) is 0 Å². The number of aromatic nitrogens is 2. The second kappa shape index (κ2) is 6.21. The monoisotopic (exact) mass is 293 g/mol. The number of hydrogen-bond acceptors (Lipinski definition) is 5. The lowest BCUT2D eigenvalue weighted by molar-refractivity contribution is 0.102. The molecule has 0 spiro atoms. The van der Waals surface area contributed by atoms with E-state index in [4.69, 9.17) is 21.1 Å². The van der Waals surface area contributed by atoms with Gasteiger partial charge in [-0.05, 0) is 29.8 Å². The number of anilines is 1. The minimum absolute atomic E-state index is 0.0611. The molecular weight excluding hydrogens is 282 g/mol. The SMILES string of the molecule is COc1cc(OC)cc(C(=O)Nc2ccnc(Cl)n2)c1. The summed E-state index contributed by atoms with van der Waals surface area (Å²) in [5.74, 6) is 1.01. The molecule has 0 radical (unpaired) electrons. The van der Waals surface area contributed by atoms with E-state index in [1.54, 1.807) is 24.3 Å². The smallest absolute Gasteiger partial charge is 0.257 e. The molecule has 0 aliphatic heterocycles. The number of amides is 1. The van der Waals surface area contributed by atoms with Crippen molar-refractivity contribution in [3.63, 3.8) is 0 Å². The van der Waals surface area contributed by atoms with Crippen molar-refractivity contribution in [2.45, 2.75) is 0 Å². The predicted molar refractivity (Wildman–Crippen MR) is 74.5 cm³/mol. The van der Waals surface area contributed by atoms with Gasteiger partial charge in [-0.15, -0.1) is 0 Å². The first kappa shape index (κ1) is 14.1. The minimum atomic E-state index is -0.350. The highest BCUT2D eigenvalue weighted by Gasteiger charge is 2.11. The largest absolute Gasteiger partial charge is 0.497 e. The molecule has 1 heterocycles. The zero-order chi connectivity index (χ0) is 14.5. The molecule has 104 valence electrons. The fourth-order valence-electron chi connectivity index (χ4n) is 1.53. The van der Waals surface area contributed by atoms with E-state index >= 15 is 0 Å². The molecule has 1 N–H and O–H groups in total. The number of methoxy groups -OCH3 is 2. The Balaban J connectivity index is 2.24. The van der Waals surface area contributed by atoms with Crippen molar-refractivity contribution in [3.8, 4) is 11.5 Å². The molecule has 1 amide bonds. The summed E-state index contributed by atoms with van der Waals surface area (Å²) in [6, 6.07) is 6.42. The van der Waals surface area contributed by atoms with Gasteiger partial charge in [0.15, 0.2) is 0 Å². The van der Waals surface area contributed by atoms with Gasteiger partial charge in [0.1, 0.15) is 17.3 Å². The lowest BCUT2D eigenvalue weighted by Crippen LogP contribution is -2.13. The zero-order valence-electron chi connectivity index (χ0n) is 10.9. The Morgan fingerprint density at radius 1 is 1.20 bits per heavy atom. The molecule has 0 aliphatic rings. The maximum absolute atomic E-state index is 12.1. The molecule has 2 aromatic rings. The molecule has 0 saturated heterocycles. The van der Waals surface area contributed by atoms with Crippen LogP contribution in [0.15, 0.2) is 30.5 Å². The van der Waals surface area contributed by atoms with E-state index in [9.17, 15) is 4.79 Å². The molecule has 6 nitrogen and oxygen atoms in total. The Kier molecular flexibility index (Phi) is 4.37. The maximum atomic E-state index is 12.1. The number of hydrogen-bond donors (Lipinski definition) is 1. The summed E-state index contributed by atoms with van der Waals surface area (Å²) < 4.78 is 10.2. The lowest BCUT2D eigenvalue weighted by Gasteiger charge is -2.08. The molecular formula is C13H12ClN3O3. The van der Waals surface area contributed by atoms with Gasteiger partial charge in [-0.2, -0.15) is 0 Å². The Bertz CT molecular complexity index is 612. The van der Waals surface area contributed by atoms with E-state index in [2.05, 4.69) is 15.3 Å². The first-order chi connectivity index (χ1) is 9.62. The molecule has 1 aromatic heterocycles. The van der Waals surface area contributed by atoms with Gasteiger partial charge in [0.2, 0.25) is 5.28 Å². The average molecular weight is 294 g/mol. The van der Waals surface area contributed by atoms with Crippen LogP contribution in [-0.2, 0) is 0 Å². The van der Waals surface area contributed by atoms with Gasteiger partial charge in [0.05, 0.1) is 14.2 Å². The molecule has 0 aliphatic carbocycles. The van der Waals surface area contributed by atoms with Crippen LogP contribution in [0.2, 0.25) is 5.28 Å². The van der Waals surface area contributed by atoms with E-state index in [0.29, 0.717) is 22.9 Å². The topological polar surface area (TPSA) is 73.3 Å². The fraction of sp³-hybridized carbons (Fsp3) is 0.154. The molecule has 0 bridgehead atoms. The van der Waals surface area contributed by atoms with Crippen LogP contribution in [0.25, 0.3) is 0 Å². The maximum Gasteiger partial charge on any atom is 0.257 e. The zero-order valence-corrected chi connectivity index (χ0v) is 11.6. The fourth-order valence-corrected chi connectivity index (χ4v) is 1.68. The first-order valence-electron chi connectivity index (χ1n) is 5.65. The third-order valence-electron chi connectivity index (χ3n) is 2.48. The number of benzene rings is 1. The molecule has 0 unspecified atom stereocenters. The van der Waals surface area contributed by atoms with Crippen molar-refractivity contribution >= 4 is 23.3 Å². The van der Waals surface area contributed by atoms with Crippen LogP contribution in [0, 0.1) is 0 Å². The van der Waals surface area contributed by atoms with Crippen molar-refractivity contribution in [1.29, 1.82) is 0 Å². The number of halogens is 1. The standard InChI is InChI=1S/C13H12ClN3O3/c1-19-9-5-8(6-10(7-9)20-2)12(18)16-11-3-4-15-13(14)17-11/h3-7H,1-2H3,(H,15,16,17,18). The summed E-state index contributed by atoms with van der Waals surface area (Å²) in [4.78, 5) is 19.8. The van der Waals surface area contributed by atoms with Gasteiger partial charge in [-0.3, -0.25) is 4.79 Å². The van der Waals surface area contributed by atoms with Gasteiger partial charge in [-0.1, -0.05) is 0 Å². The summed E-state index contributed by atoms with van der Waals surface area (Å²) in [6.07, 6.45) is 1.46. The molecule has 0 fully saturated rings. The van der Waals surface area contributed by atoms with Gasteiger partial charge in [-0.25, -0.2) is 9.97 Å². The normalized spacial score (nSPS) is 9.95. The summed E-state index contributed by atoms with van der Waals surface area (Å²) in [6.45, 7) is 0. The third kappa shape index (κ3) is 3.36. The quantitative estimate of drug-likeness (QED) is 0.876. The Morgan fingerprint density at radius 3 is 2.40 bits per heavy atom. The van der Waals surface area contributed by atoms with Crippen molar-refractivity contribution in [1.82, 2.24) is 9.97 Å². The van der Waals surface area contributed by atoms with E-state index in [0.717, 1.165) is 0 Å².